The number of sulfonamides is 1. The number of thioether (sulfide) groups is 1. The Hall–Kier alpha value is -2.82. The van der Waals surface area contributed by atoms with Crippen LogP contribution < -0.4 is 14.2 Å². The molecule has 170 valence electrons. The number of nitrogens with zero attached hydrogens (tertiary/aromatic N) is 3. The van der Waals surface area contributed by atoms with Crippen molar-refractivity contribution >= 4 is 50.2 Å². The second-order valence-electron chi connectivity index (χ2n) is 6.14. The number of anilines is 1. The average molecular weight is 504 g/mol. The molecule has 0 unspecified atom stereocenters. The summed E-state index contributed by atoms with van der Waals surface area (Å²) in [7, 11) is -1.57. The van der Waals surface area contributed by atoms with E-state index in [1.165, 1.54) is 26.4 Å². The molecule has 0 bridgehead atoms. The summed E-state index contributed by atoms with van der Waals surface area (Å²) in [5.41, 5.74) is 0.570. The summed E-state index contributed by atoms with van der Waals surface area (Å²) in [6, 6.07) is 4.74. The quantitative estimate of drug-likeness (QED) is 0.415. The van der Waals surface area contributed by atoms with E-state index >= 15 is 0 Å². The van der Waals surface area contributed by atoms with Crippen molar-refractivity contribution in [3.63, 3.8) is 0 Å². The Balaban J connectivity index is 2.03. The van der Waals surface area contributed by atoms with Gasteiger partial charge in [0, 0.05) is 18.0 Å². The van der Waals surface area contributed by atoms with Crippen LogP contribution in [0.5, 0.6) is 11.8 Å². The Morgan fingerprint density at radius 1 is 1.28 bits per heavy atom. The van der Waals surface area contributed by atoms with Crippen LogP contribution in [0.15, 0.2) is 28.1 Å². The normalized spacial score (nSPS) is 11.5. The highest BCUT2D eigenvalue weighted by atomic mass is 35.5. The van der Waals surface area contributed by atoms with Crippen molar-refractivity contribution in [2.45, 2.75) is 28.4 Å². The summed E-state index contributed by atoms with van der Waals surface area (Å²) < 4.78 is 64.5. The SMILES string of the molecule is COc1nc(NS(=O)(=O)c2c[nH]c3c(SC(F)F)c(Cl)ccc23)nc(OC)c1CCC#N. The lowest BCUT2D eigenvalue weighted by Crippen LogP contribution is -2.16. The first-order valence-electron chi connectivity index (χ1n) is 8.84. The van der Waals surface area contributed by atoms with Crippen LogP contribution in [0.4, 0.5) is 14.7 Å². The van der Waals surface area contributed by atoms with Crippen LogP contribution in [0, 0.1) is 11.3 Å². The summed E-state index contributed by atoms with van der Waals surface area (Å²) in [4.78, 5) is 10.6. The number of hydrogen-bond acceptors (Lipinski definition) is 8. The number of aromatic amines is 1. The highest BCUT2D eigenvalue weighted by Gasteiger charge is 2.25. The number of fused-ring (bicyclic) bond motifs is 1. The third-order valence-electron chi connectivity index (χ3n) is 4.25. The molecule has 0 aliphatic rings. The average Bonchev–Trinajstić information content (AvgIpc) is 3.19. The van der Waals surface area contributed by atoms with Gasteiger partial charge in [0.15, 0.2) is 0 Å². The lowest BCUT2D eigenvalue weighted by molar-refractivity contribution is 0.252. The van der Waals surface area contributed by atoms with Crippen molar-refractivity contribution < 1.29 is 26.7 Å². The number of alkyl halides is 2. The zero-order chi connectivity index (χ0) is 23.5. The molecule has 0 fully saturated rings. The largest absolute Gasteiger partial charge is 0.481 e. The third kappa shape index (κ3) is 4.82. The van der Waals surface area contributed by atoms with E-state index in [1.807, 2.05) is 6.07 Å². The van der Waals surface area contributed by atoms with Crippen molar-refractivity contribution in [2.75, 3.05) is 18.9 Å². The number of methoxy groups -OCH3 is 2. The van der Waals surface area contributed by atoms with Crippen molar-refractivity contribution in [3.8, 4) is 17.8 Å². The Morgan fingerprint density at radius 3 is 2.50 bits per heavy atom. The molecule has 0 saturated carbocycles. The summed E-state index contributed by atoms with van der Waals surface area (Å²) in [5.74, 6) is -2.98. The van der Waals surface area contributed by atoms with Crippen LogP contribution in [0.1, 0.15) is 12.0 Å². The molecular weight excluding hydrogens is 488 g/mol. The van der Waals surface area contributed by atoms with Crippen molar-refractivity contribution in [1.82, 2.24) is 15.0 Å². The predicted molar refractivity (Wildman–Crippen MR) is 115 cm³/mol. The van der Waals surface area contributed by atoms with E-state index < -0.39 is 15.8 Å². The Morgan fingerprint density at radius 2 is 1.94 bits per heavy atom. The minimum Gasteiger partial charge on any atom is -0.481 e. The van der Waals surface area contributed by atoms with Crippen LogP contribution in [0.3, 0.4) is 0 Å². The molecule has 0 aliphatic heterocycles. The van der Waals surface area contributed by atoms with E-state index in [1.54, 1.807) is 0 Å². The van der Waals surface area contributed by atoms with Crippen LogP contribution in [-0.4, -0.2) is 43.3 Å². The molecule has 0 saturated heterocycles. The molecule has 0 spiro atoms. The number of H-pyrrole nitrogens is 1. The van der Waals surface area contributed by atoms with E-state index in [9.17, 15) is 17.2 Å². The number of nitrogens with one attached hydrogen (secondary N) is 2. The van der Waals surface area contributed by atoms with Gasteiger partial charge in [-0.05, 0) is 18.6 Å². The standard InChI is InChI=1S/C18H16ClF2N5O4S2/c1-29-15-10(4-3-7-22)16(30-2)25-18(24-15)26-32(27,28)12-8-23-13-9(12)5-6-11(19)14(13)31-17(20)21/h5-6,8,17,23H,3-4H2,1-2H3,(H,24,25,26). The predicted octanol–water partition coefficient (Wildman–Crippen LogP) is 4.20. The van der Waals surface area contributed by atoms with Crippen molar-refractivity contribution in [2.24, 2.45) is 0 Å². The molecule has 2 heterocycles. The van der Waals surface area contributed by atoms with E-state index in [4.69, 9.17) is 26.3 Å². The van der Waals surface area contributed by atoms with E-state index in [-0.39, 0.29) is 68.0 Å². The summed E-state index contributed by atoms with van der Waals surface area (Å²) in [6.07, 6.45) is 1.55. The van der Waals surface area contributed by atoms with Crippen LogP contribution in [0.25, 0.3) is 10.9 Å². The maximum atomic E-state index is 13.0. The topological polar surface area (TPSA) is 130 Å². The number of halogens is 3. The highest BCUT2D eigenvalue weighted by Crippen LogP contribution is 2.39. The van der Waals surface area contributed by atoms with Gasteiger partial charge < -0.3 is 14.5 Å². The first-order valence-corrected chi connectivity index (χ1v) is 11.6. The monoisotopic (exact) mass is 503 g/mol. The second kappa shape index (κ2) is 9.76. The molecule has 3 rings (SSSR count). The van der Waals surface area contributed by atoms with Gasteiger partial charge in [-0.15, -0.1) is 0 Å². The van der Waals surface area contributed by atoms with Gasteiger partial charge in [-0.3, -0.25) is 0 Å². The van der Waals surface area contributed by atoms with Crippen molar-refractivity contribution in [3.05, 3.63) is 28.9 Å². The lowest BCUT2D eigenvalue weighted by Gasteiger charge is -2.13. The zero-order valence-electron chi connectivity index (χ0n) is 16.6. The van der Waals surface area contributed by atoms with Gasteiger partial charge in [0.1, 0.15) is 4.90 Å². The first-order chi connectivity index (χ1) is 15.2. The minimum absolute atomic E-state index is 0.0297. The van der Waals surface area contributed by atoms with Gasteiger partial charge in [-0.1, -0.05) is 23.4 Å². The summed E-state index contributed by atoms with van der Waals surface area (Å²) in [5, 5.41) is 9.04. The molecule has 9 nitrogen and oxygen atoms in total. The Kier molecular flexibility index (Phi) is 7.27. The molecule has 0 aliphatic carbocycles. The number of nitriles is 1. The number of benzene rings is 1. The lowest BCUT2D eigenvalue weighted by atomic mass is 10.2. The Bertz CT molecular complexity index is 1270. The molecule has 0 amide bonds. The second-order valence-corrected chi connectivity index (χ2v) is 9.20. The molecule has 1 aromatic carbocycles. The van der Waals surface area contributed by atoms with Crippen LogP contribution in [-0.2, 0) is 16.4 Å². The van der Waals surface area contributed by atoms with Crippen molar-refractivity contribution in [1.29, 1.82) is 5.26 Å². The van der Waals surface area contributed by atoms with E-state index in [0.29, 0.717) is 5.56 Å². The molecule has 0 radical (unpaired) electrons. The van der Waals surface area contributed by atoms with Crippen LogP contribution in [0.2, 0.25) is 5.02 Å². The number of hydrogen-bond donors (Lipinski definition) is 2. The fourth-order valence-corrected chi connectivity index (χ4v) is 5.00. The maximum absolute atomic E-state index is 13.0. The number of rotatable bonds is 9. The van der Waals surface area contributed by atoms with Gasteiger partial charge in [0.2, 0.25) is 17.7 Å². The fraction of sp³-hybridized carbons (Fsp3) is 0.278. The number of aromatic nitrogens is 3. The van der Waals surface area contributed by atoms with Gasteiger partial charge >= 0.3 is 0 Å². The Labute approximate surface area is 191 Å². The van der Waals surface area contributed by atoms with Gasteiger partial charge in [0.05, 0.1) is 41.3 Å². The molecular formula is C18H16ClF2N5O4S2. The number of ether oxygens (including phenoxy) is 2. The molecule has 2 aromatic heterocycles. The smallest absolute Gasteiger partial charge is 0.289 e. The molecule has 3 aromatic rings. The fourth-order valence-electron chi connectivity index (χ4n) is 2.95. The van der Waals surface area contributed by atoms with Gasteiger partial charge in [-0.25, -0.2) is 13.1 Å². The first kappa shape index (κ1) is 23.8. The molecule has 32 heavy (non-hydrogen) atoms. The molecule has 14 heteroatoms. The summed E-state index contributed by atoms with van der Waals surface area (Å²) in [6.45, 7) is 0. The van der Waals surface area contributed by atoms with E-state index in [0.717, 1.165) is 6.20 Å². The third-order valence-corrected chi connectivity index (χ3v) is 6.88. The molecule has 0 atom stereocenters. The van der Waals surface area contributed by atoms with E-state index in [2.05, 4.69) is 19.7 Å². The van der Waals surface area contributed by atoms with Crippen LogP contribution >= 0.6 is 23.4 Å². The van der Waals surface area contributed by atoms with Gasteiger partial charge in [0.25, 0.3) is 15.8 Å². The molecule has 2 N–H and O–H groups in total. The maximum Gasteiger partial charge on any atom is 0.289 e. The zero-order valence-corrected chi connectivity index (χ0v) is 19.0. The summed E-state index contributed by atoms with van der Waals surface area (Å²) >= 11 is 6.22. The highest BCUT2D eigenvalue weighted by molar-refractivity contribution is 8.00. The van der Waals surface area contributed by atoms with Gasteiger partial charge in [-0.2, -0.15) is 24.0 Å². The minimum atomic E-state index is -4.24.